The summed E-state index contributed by atoms with van der Waals surface area (Å²) in [7, 11) is 0. The monoisotopic (exact) mass is 363 g/mol. The lowest BCUT2D eigenvalue weighted by molar-refractivity contribution is -0.136. The van der Waals surface area contributed by atoms with Crippen LogP contribution in [-0.2, 0) is 9.59 Å². The van der Waals surface area contributed by atoms with Gasteiger partial charge < -0.3 is 10.6 Å². The van der Waals surface area contributed by atoms with Gasteiger partial charge in [-0.3, -0.25) is 19.7 Å². The molecule has 1 aromatic carbocycles. The first kappa shape index (κ1) is 18.3. The minimum atomic E-state index is -0.745. The zero-order valence-corrected chi connectivity index (χ0v) is 15.2. The summed E-state index contributed by atoms with van der Waals surface area (Å²) >= 11 is 0. The van der Waals surface area contributed by atoms with E-state index in [0.29, 0.717) is 23.6 Å². The summed E-state index contributed by atoms with van der Waals surface area (Å²) in [5, 5.41) is 12.0. The van der Waals surface area contributed by atoms with Crippen LogP contribution in [0, 0.1) is 6.92 Å². The molecule has 2 amide bonds. The smallest absolute Gasteiger partial charge is 0.313 e. The van der Waals surface area contributed by atoms with Crippen molar-refractivity contribution in [3.63, 3.8) is 0 Å². The number of aromatic amines is 1. The van der Waals surface area contributed by atoms with Crippen molar-refractivity contribution >= 4 is 17.5 Å². The molecule has 27 heavy (non-hydrogen) atoms. The molecule has 0 aliphatic rings. The number of carbonyl (C=O) groups excluding carboxylic acids is 2. The third-order valence-corrected chi connectivity index (χ3v) is 4.19. The molecule has 0 fully saturated rings. The first-order valence-corrected chi connectivity index (χ1v) is 8.65. The fourth-order valence-electron chi connectivity index (χ4n) is 2.69. The van der Waals surface area contributed by atoms with Crippen molar-refractivity contribution in [1.82, 2.24) is 20.5 Å². The van der Waals surface area contributed by atoms with Crippen molar-refractivity contribution < 1.29 is 9.59 Å². The molecule has 3 aromatic rings. The average molecular weight is 363 g/mol. The Bertz CT molecular complexity index is 936. The van der Waals surface area contributed by atoms with E-state index in [-0.39, 0.29) is 5.92 Å². The molecule has 0 radical (unpaired) electrons. The normalized spacial score (nSPS) is 11.6. The van der Waals surface area contributed by atoms with Crippen LogP contribution in [0.25, 0.3) is 11.4 Å². The van der Waals surface area contributed by atoms with Crippen LogP contribution < -0.4 is 10.6 Å². The molecule has 2 heterocycles. The minimum absolute atomic E-state index is 0.0969. The quantitative estimate of drug-likeness (QED) is 0.607. The predicted octanol–water partition coefficient (Wildman–Crippen LogP) is 2.64. The minimum Gasteiger partial charge on any atom is -0.347 e. The molecule has 7 heteroatoms. The maximum absolute atomic E-state index is 12.2. The van der Waals surface area contributed by atoms with Gasteiger partial charge in [0.25, 0.3) is 0 Å². The Morgan fingerprint density at radius 1 is 1.15 bits per heavy atom. The third-order valence-electron chi connectivity index (χ3n) is 4.19. The highest BCUT2D eigenvalue weighted by atomic mass is 16.2. The molecule has 0 aliphatic heterocycles. The number of nitrogens with one attached hydrogen (secondary N) is 3. The summed E-state index contributed by atoms with van der Waals surface area (Å²) in [6, 6.07) is 13.5. The second-order valence-electron chi connectivity index (χ2n) is 6.35. The van der Waals surface area contributed by atoms with Crippen molar-refractivity contribution in [2.75, 3.05) is 11.9 Å². The van der Waals surface area contributed by atoms with E-state index in [1.54, 1.807) is 18.3 Å². The van der Waals surface area contributed by atoms with Crippen LogP contribution in [0.3, 0.4) is 0 Å². The summed E-state index contributed by atoms with van der Waals surface area (Å²) in [6.45, 7) is 4.39. The Balaban J connectivity index is 1.59. The van der Waals surface area contributed by atoms with E-state index in [2.05, 4.69) is 31.9 Å². The van der Waals surface area contributed by atoms with Gasteiger partial charge in [-0.25, -0.2) is 0 Å². The SMILES string of the molecule is Cc1cccc(C(C)CNC(=O)C(=O)Nc2cn[nH]c2-c2ccccn2)c1. The van der Waals surface area contributed by atoms with Gasteiger partial charge in [-0.05, 0) is 30.5 Å². The van der Waals surface area contributed by atoms with Crippen LogP contribution in [0.15, 0.2) is 54.9 Å². The zero-order chi connectivity index (χ0) is 19.2. The highest BCUT2D eigenvalue weighted by molar-refractivity contribution is 6.39. The zero-order valence-electron chi connectivity index (χ0n) is 15.2. The number of carbonyl (C=O) groups is 2. The standard InChI is InChI=1S/C20H21N5O2/c1-13-6-5-7-15(10-13)14(2)11-22-19(26)20(27)24-17-12-23-25-18(17)16-8-3-4-9-21-16/h3-10,12,14H,11H2,1-2H3,(H,22,26)(H,23,25)(H,24,27). The van der Waals surface area contributed by atoms with Gasteiger partial charge in [0.15, 0.2) is 0 Å². The first-order valence-electron chi connectivity index (χ1n) is 8.65. The average Bonchev–Trinajstić information content (AvgIpc) is 3.14. The Hall–Kier alpha value is -3.48. The van der Waals surface area contributed by atoms with Gasteiger partial charge in [0, 0.05) is 12.7 Å². The van der Waals surface area contributed by atoms with E-state index < -0.39 is 11.8 Å². The number of pyridine rings is 1. The van der Waals surface area contributed by atoms with Crippen LogP contribution in [0.2, 0.25) is 0 Å². The topological polar surface area (TPSA) is 99.8 Å². The van der Waals surface area contributed by atoms with Gasteiger partial charge >= 0.3 is 11.8 Å². The largest absolute Gasteiger partial charge is 0.347 e. The predicted molar refractivity (Wildman–Crippen MR) is 103 cm³/mol. The maximum atomic E-state index is 12.2. The van der Waals surface area contributed by atoms with E-state index in [9.17, 15) is 9.59 Å². The maximum Gasteiger partial charge on any atom is 0.313 e. The lowest BCUT2D eigenvalue weighted by Gasteiger charge is -2.13. The van der Waals surface area contributed by atoms with Crippen LogP contribution in [0.4, 0.5) is 5.69 Å². The van der Waals surface area contributed by atoms with Crippen molar-refractivity contribution in [2.24, 2.45) is 0 Å². The summed E-state index contributed by atoms with van der Waals surface area (Å²) in [6.07, 6.45) is 3.09. The van der Waals surface area contributed by atoms with E-state index in [1.165, 1.54) is 6.20 Å². The van der Waals surface area contributed by atoms with Crippen molar-refractivity contribution in [2.45, 2.75) is 19.8 Å². The number of aryl methyl sites for hydroxylation is 1. The summed E-state index contributed by atoms with van der Waals surface area (Å²) in [5.74, 6) is -1.34. The number of anilines is 1. The molecule has 0 aliphatic carbocycles. The van der Waals surface area contributed by atoms with Crippen LogP contribution in [0.1, 0.15) is 24.0 Å². The van der Waals surface area contributed by atoms with E-state index in [1.807, 2.05) is 38.1 Å². The Morgan fingerprint density at radius 2 is 2.00 bits per heavy atom. The number of hydrogen-bond donors (Lipinski definition) is 3. The summed E-state index contributed by atoms with van der Waals surface area (Å²) in [5.41, 5.74) is 3.85. The van der Waals surface area contributed by atoms with Crippen LogP contribution in [0.5, 0.6) is 0 Å². The molecule has 7 nitrogen and oxygen atoms in total. The number of benzene rings is 1. The first-order chi connectivity index (χ1) is 13.0. The fourth-order valence-corrected chi connectivity index (χ4v) is 2.69. The molecular formula is C20H21N5O2. The summed E-state index contributed by atoms with van der Waals surface area (Å²) < 4.78 is 0. The van der Waals surface area contributed by atoms with Gasteiger partial charge in [-0.2, -0.15) is 5.10 Å². The molecule has 0 bridgehead atoms. The molecule has 0 saturated heterocycles. The molecule has 2 aromatic heterocycles. The van der Waals surface area contributed by atoms with Crippen molar-refractivity contribution in [1.29, 1.82) is 0 Å². The number of rotatable bonds is 5. The highest BCUT2D eigenvalue weighted by Gasteiger charge is 2.18. The molecule has 0 spiro atoms. The Labute approximate surface area is 157 Å². The molecule has 1 atom stereocenters. The van der Waals surface area contributed by atoms with Crippen LogP contribution in [-0.4, -0.2) is 33.5 Å². The molecule has 1 unspecified atom stereocenters. The Morgan fingerprint density at radius 3 is 2.74 bits per heavy atom. The van der Waals surface area contributed by atoms with E-state index in [0.717, 1.165) is 11.1 Å². The fraction of sp³-hybridized carbons (Fsp3) is 0.200. The van der Waals surface area contributed by atoms with Crippen molar-refractivity contribution in [3.8, 4) is 11.4 Å². The number of hydrogen-bond acceptors (Lipinski definition) is 4. The van der Waals surface area contributed by atoms with Gasteiger partial charge in [-0.1, -0.05) is 42.8 Å². The third kappa shape index (κ3) is 4.58. The summed E-state index contributed by atoms with van der Waals surface area (Å²) in [4.78, 5) is 28.6. The molecular weight excluding hydrogens is 342 g/mol. The number of aromatic nitrogens is 3. The highest BCUT2D eigenvalue weighted by Crippen LogP contribution is 2.22. The molecule has 0 saturated carbocycles. The van der Waals surface area contributed by atoms with Gasteiger partial charge in [-0.15, -0.1) is 0 Å². The molecule has 138 valence electrons. The van der Waals surface area contributed by atoms with E-state index in [4.69, 9.17) is 0 Å². The number of nitrogens with zero attached hydrogens (tertiary/aromatic N) is 2. The lowest BCUT2D eigenvalue weighted by Crippen LogP contribution is -2.37. The lowest BCUT2D eigenvalue weighted by atomic mass is 9.99. The van der Waals surface area contributed by atoms with E-state index >= 15 is 0 Å². The van der Waals surface area contributed by atoms with Gasteiger partial charge in [0.05, 0.1) is 17.6 Å². The van der Waals surface area contributed by atoms with Crippen LogP contribution >= 0.6 is 0 Å². The molecule has 3 rings (SSSR count). The number of amides is 2. The van der Waals surface area contributed by atoms with Gasteiger partial charge in [0.2, 0.25) is 0 Å². The number of H-pyrrole nitrogens is 1. The Kier molecular flexibility index (Phi) is 5.61. The second kappa shape index (κ2) is 8.27. The molecule has 3 N–H and O–H groups in total. The van der Waals surface area contributed by atoms with Gasteiger partial charge in [0.1, 0.15) is 5.69 Å². The van der Waals surface area contributed by atoms with Crippen molar-refractivity contribution in [3.05, 3.63) is 66.0 Å². The second-order valence-corrected chi connectivity index (χ2v) is 6.35.